The summed E-state index contributed by atoms with van der Waals surface area (Å²) >= 11 is 0. The second-order valence-electron chi connectivity index (χ2n) is 5.99. The Bertz CT molecular complexity index is 1160. The van der Waals surface area contributed by atoms with E-state index in [0.29, 0.717) is 0 Å². The van der Waals surface area contributed by atoms with Crippen LogP contribution in [0.25, 0.3) is 43.7 Å². The van der Waals surface area contributed by atoms with Gasteiger partial charge >= 0.3 is 0 Å². The lowest BCUT2D eigenvalue weighted by Crippen LogP contribution is -1.79. The molecule has 0 aliphatic carbocycles. The predicted molar refractivity (Wildman–Crippen MR) is 110 cm³/mol. The molecule has 25 heavy (non-hydrogen) atoms. The van der Waals surface area contributed by atoms with Gasteiger partial charge in [0.1, 0.15) is 0 Å². The number of fused-ring (bicyclic) bond motifs is 4. The summed E-state index contributed by atoms with van der Waals surface area (Å²) in [4.78, 5) is 3.49. The SMILES string of the molecule is CC.c1ccc2cc(-c3ccc4[nH]c5ccccc5c4c3)ccc2c1. The molecule has 0 atom stereocenters. The highest BCUT2D eigenvalue weighted by Crippen LogP contribution is 2.31. The largest absolute Gasteiger partial charge is 0.355 e. The van der Waals surface area contributed by atoms with Crippen LogP contribution in [0.4, 0.5) is 0 Å². The van der Waals surface area contributed by atoms with Crippen molar-refractivity contribution in [1.82, 2.24) is 4.98 Å². The van der Waals surface area contributed by atoms with Crippen LogP contribution >= 0.6 is 0 Å². The smallest absolute Gasteiger partial charge is 0.0465 e. The Labute approximate surface area is 147 Å². The molecule has 5 rings (SSSR count). The fourth-order valence-electron chi connectivity index (χ4n) is 3.40. The van der Waals surface area contributed by atoms with Gasteiger partial charge in [0.2, 0.25) is 0 Å². The molecule has 4 aromatic carbocycles. The highest BCUT2D eigenvalue weighted by molar-refractivity contribution is 6.08. The van der Waals surface area contributed by atoms with Gasteiger partial charge in [-0.05, 0) is 46.2 Å². The van der Waals surface area contributed by atoms with E-state index >= 15 is 0 Å². The van der Waals surface area contributed by atoms with E-state index < -0.39 is 0 Å². The van der Waals surface area contributed by atoms with Gasteiger partial charge in [-0.15, -0.1) is 0 Å². The maximum Gasteiger partial charge on any atom is 0.0465 e. The summed E-state index contributed by atoms with van der Waals surface area (Å²) in [7, 11) is 0. The number of H-pyrrole nitrogens is 1. The second-order valence-corrected chi connectivity index (χ2v) is 5.99. The number of aromatic amines is 1. The van der Waals surface area contributed by atoms with E-state index in [1.807, 2.05) is 13.8 Å². The van der Waals surface area contributed by atoms with Gasteiger partial charge in [-0.2, -0.15) is 0 Å². The van der Waals surface area contributed by atoms with Crippen LogP contribution in [-0.4, -0.2) is 4.98 Å². The molecule has 0 unspecified atom stereocenters. The summed E-state index contributed by atoms with van der Waals surface area (Å²) in [5, 5.41) is 5.13. The van der Waals surface area contributed by atoms with Crippen molar-refractivity contribution in [2.24, 2.45) is 0 Å². The Morgan fingerprint density at radius 1 is 0.520 bits per heavy atom. The molecule has 0 spiro atoms. The Hall–Kier alpha value is -3.06. The van der Waals surface area contributed by atoms with Crippen LogP contribution in [0.1, 0.15) is 13.8 Å². The number of hydrogen-bond donors (Lipinski definition) is 1. The minimum atomic E-state index is 1.19. The van der Waals surface area contributed by atoms with Crippen molar-refractivity contribution in [2.75, 3.05) is 0 Å². The Kier molecular flexibility index (Phi) is 3.99. The van der Waals surface area contributed by atoms with Crippen molar-refractivity contribution in [3.63, 3.8) is 0 Å². The number of para-hydroxylation sites is 1. The molecule has 1 heteroatoms. The molecule has 0 saturated carbocycles. The minimum Gasteiger partial charge on any atom is -0.355 e. The average molecular weight is 323 g/mol. The molecular formula is C24H21N. The summed E-state index contributed by atoms with van der Waals surface area (Å²) in [6.07, 6.45) is 0. The van der Waals surface area contributed by atoms with Crippen LogP contribution < -0.4 is 0 Å². The van der Waals surface area contributed by atoms with E-state index in [-0.39, 0.29) is 0 Å². The van der Waals surface area contributed by atoms with Gasteiger partial charge in [-0.25, -0.2) is 0 Å². The van der Waals surface area contributed by atoms with Gasteiger partial charge in [-0.3, -0.25) is 0 Å². The highest BCUT2D eigenvalue weighted by atomic mass is 14.7. The number of nitrogens with one attached hydrogen (secondary N) is 1. The molecule has 0 radical (unpaired) electrons. The molecule has 0 amide bonds. The number of hydrogen-bond acceptors (Lipinski definition) is 0. The van der Waals surface area contributed by atoms with Crippen molar-refractivity contribution in [2.45, 2.75) is 13.8 Å². The van der Waals surface area contributed by atoms with Crippen molar-refractivity contribution in [3.8, 4) is 11.1 Å². The van der Waals surface area contributed by atoms with E-state index in [2.05, 4.69) is 89.9 Å². The van der Waals surface area contributed by atoms with Crippen molar-refractivity contribution < 1.29 is 0 Å². The fourth-order valence-corrected chi connectivity index (χ4v) is 3.40. The van der Waals surface area contributed by atoms with E-state index in [0.717, 1.165) is 0 Å². The van der Waals surface area contributed by atoms with Gasteiger partial charge in [0.15, 0.2) is 0 Å². The summed E-state index contributed by atoms with van der Waals surface area (Å²) < 4.78 is 0. The number of aromatic nitrogens is 1. The van der Waals surface area contributed by atoms with Crippen molar-refractivity contribution in [3.05, 3.63) is 84.9 Å². The molecule has 122 valence electrons. The molecular weight excluding hydrogens is 302 g/mol. The lowest BCUT2D eigenvalue weighted by molar-refractivity contribution is 1.50. The molecule has 0 fully saturated rings. The van der Waals surface area contributed by atoms with Crippen LogP contribution in [0.15, 0.2) is 84.9 Å². The average Bonchev–Trinajstić information content (AvgIpc) is 3.07. The first-order chi connectivity index (χ1) is 12.4. The molecule has 0 bridgehead atoms. The molecule has 0 aliphatic rings. The molecule has 0 aliphatic heterocycles. The standard InChI is InChI=1S/C22H15N.C2H6/c1-2-6-16-13-17(10-9-15(16)5-1)18-11-12-22-20(14-18)19-7-3-4-8-21(19)23-22;1-2/h1-14,23H;1-2H3. The Morgan fingerprint density at radius 2 is 1.16 bits per heavy atom. The van der Waals surface area contributed by atoms with Gasteiger partial charge in [0, 0.05) is 21.8 Å². The third-order valence-electron chi connectivity index (χ3n) is 4.59. The molecule has 1 nitrogen and oxygen atoms in total. The summed E-state index contributed by atoms with van der Waals surface area (Å²) in [5.74, 6) is 0. The highest BCUT2D eigenvalue weighted by Gasteiger charge is 2.06. The van der Waals surface area contributed by atoms with Crippen LogP contribution in [0.3, 0.4) is 0 Å². The topological polar surface area (TPSA) is 15.8 Å². The van der Waals surface area contributed by atoms with Crippen LogP contribution in [0.5, 0.6) is 0 Å². The minimum absolute atomic E-state index is 1.19. The molecule has 0 saturated heterocycles. The summed E-state index contributed by atoms with van der Waals surface area (Å²) in [5.41, 5.74) is 4.90. The number of rotatable bonds is 1. The molecule has 1 heterocycles. The molecule has 1 aromatic heterocycles. The molecule has 5 aromatic rings. The van der Waals surface area contributed by atoms with Gasteiger partial charge in [0.25, 0.3) is 0 Å². The lowest BCUT2D eigenvalue weighted by Gasteiger charge is -2.05. The third-order valence-corrected chi connectivity index (χ3v) is 4.59. The fraction of sp³-hybridized carbons (Fsp3) is 0.0833. The van der Waals surface area contributed by atoms with Crippen LogP contribution in [-0.2, 0) is 0 Å². The van der Waals surface area contributed by atoms with E-state index in [1.54, 1.807) is 0 Å². The van der Waals surface area contributed by atoms with Gasteiger partial charge in [-0.1, -0.05) is 74.5 Å². The monoisotopic (exact) mass is 323 g/mol. The molecule has 1 N–H and O–H groups in total. The maximum atomic E-state index is 3.49. The van der Waals surface area contributed by atoms with Gasteiger partial charge in [0.05, 0.1) is 0 Å². The van der Waals surface area contributed by atoms with E-state index in [4.69, 9.17) is 0 Å². The normalized spacial score (nSPS) is 10.8. The Morgan fingerprint density at radius 3 is 2.04 bits per heavy atom. The third kappa shape index (κ3) is 2.68. The summed E-state index contributed by atoms with van der Waals surface area (Å²) in [6, 6.07) is 30.3. The first-order valence-electron chi connectivity index (χ1n) is 8.88. The first kappa shape index (κ1) is 15.5. The lowest BCUT2D eigenvalue weighted by atomic mass is 9.99. The summed E-state index contributed by atoms with van der Waals surface area (Å²) in [6.45, 7) is 4.00. The van der Waals surface area contributed by atoms with Crippen LogP contribution in [0.2, 0.25) is 0 Å². The zero-order valence-corrected chi connectivity index (χ0v) is 14.6. The zero-order chi connectivity index (χ0) is 17.2. The second kappa shape index (κ2) is 6.45. The quantitative estimate of drug-likeness (QED) is 0.336. The predicted octanol–water partition coefficient (Wildman–Crippen LogP) is 7.17. The number of benzene rings is 4. The maximum absolute atomic E-state index is 3.49. The van der Waals surface area contributed by atoms with Gasteiger partial charge < -0.3 is 4.98 Å². The van der Waals surface area contributed by atoms with E-state index in [1.165, 1.54) is 43.7 Å². The zero-order valence-electron chi connectivity index (χ0n) is 14.6. The Balaban J connectivity index is 0.000000758. The van der Waals surface area contributed by atoms with Crippen LogP contribution in [0, 0.1) is 0 Å². The van der Waals surface area contributed by atoms with Crippen molar-refractivity contribution in [1.29, 1.82) is 0 Å². The van der Waals surface area contributed by atoms with E-state index in [9.17, 15) is 0 Å². The first-order valence-corrected chi connectivity index (χ1v) is 8.88. The van der Waals surface area contributed by atoms with Crippen molar-refractivity contribution >= 4 is 32.6 Å².